The zero-order valence-electron chi connectivity index (χ0n) is 11.3. The molecule has 2 aliphatic heterocycles. The van der Waals surface area contributed by atoms with Crippen molar-refractivity contribution in [3.05, 3.63) is 0 Å². The standard InChI is InChI=1S/C12H25N3O2S/c1-14(11-12-7-3-4-8-13-12)18(16,17)15-9-5-2-6-10-15/h12-13H,2-11H2,1H3. The number of nitrogens with zero attached hydrogens (tertiary/aromatic N) is 2. The fourth-order valence-corrected chi connectivity index (χ4v) is 4.26. The van der Waals surface area contributed by atoms with Crippen LogP contribution in [0.4, 0.5) is 0 Å². The van der Waals surface area contributed by atoms with Gasteiger partial charge in [-0.05, 0) is 32.2 Å². The lowest BCUT2D eigenvalue weighted by Crippen LogP contribution is -2.49. The molecule has 2 rings (SSSR count). The third kappa shape index (κ3) is 3.44. The SMILES string of the molecule is CN(CC1CCCCN1)S(=O)(=O)N1CCCCC1. The van der Waals surface area contributed by atoms with Crippen LogP contribution < -0.4 is 5.32 Å². The van der Waals surface area contributed by atoms with Gasteiger partial charge in [-0.15, -0.1) is 0 Å². The zero-order chi connectivity index (χ0) is 13.0. The predicted octanol–water partition coefficient (Wildman–Crippen LogP) is 0.791. The number of hydrogen-bond acceptors (Lipinski definition) is 3. The Morgan fingerprint density at radius 2 is 1.89 bits per heavy atom. The smallest absolute Gasteiger partial charge is 0.281 e. The van der Waals surface area contributed by atoms with E-state index in [1.165, 1.54) is 17.1 Å². The first-order valence-corrected chi connectivity index (χ1v) is 8.45. The maximum absolute atomic E-state index is 12.4. The number of rotatable bonds is 4. The van der Waals surface area contributed by atoms with Gasteiger partial charge in [0, 0.05) is 32.7 Å². The average Bonchev–Trinajstić information content (AvgIpc) is 2.41. The van der Waals surface area contributed by atoms with Gasteiger partial charge in [-0.25, -0.2) is 0 Å². The minimum absolute atomic E-state index is 0.323. The fourth-order valence-electron chi connectivity index (χ4n) is 2.78. The Kier molecular flexibility index (Phi) is 5.00. The lowest BCUT2D eigenvalue weighted by atomic mass is 10.1. The Morgan fingerprint density at radius 3 is 2.50 bits per heavy atom. The van der Waals surface area contributed by atoms with Gasteiger partial charge >= 0.3 is 0 Å². The predicted molar refractivity (Wildman–Crippen MR) is 72.6 cm³/mol. The lowest BCUT2D eigenvalue weighted by molar-refractivity contribution is 0.292. The summed E-state index contributed by atoms with van der Waals surface area (Å²) in [6.45, 7) is 2.98. The molecular formula is C12H25N3O2S. The van der Waals surface area contributed by atoms with Crippen LogP contribution in [0.1, 0.15) is 38.5 Å². The van der Waals surface area contributed by atoms with E-state index >= 15 is 0 Å². The maximum Gasteiger partial charge on any atom is 0.281 e. The molecule has 0 aromatic rings. The molecule has 0 bridgehead atoms. The number of hydrogen-bond donors (Lipinski definition) is 1. The first kappa shape index (κ1) is 14.2. The summed E-state index contributed by atoms with van der Waals surface area (Å²) < 4.78 is 27.9. The normalized spacial score (nSPS) is 27.6. The van der Waals surface area contributed by atoms with Crippen molar-refractivity contribution in [2.45, 2.75) is 44.6 Å². The number of nitrogens with one attached hydrogen (secondary N) is 1. The molecule has 2 saturated heterocycles. The molecule has 5 nitrogen and oxygen atoms in total. The molecule has 6 heteroatoms. The third-order valence-corrected chi connectivity index (χ3v) is 5.88. The van der Waals surface area contributed by atoms with Crippen LogP contribution in [0.5, 0.6) is 0 Å². The molecule has 18 heavy (non-hydrogen) atoms. The van der Waals surface area contributed by atoms with Gasteiger partial charge in [0.05, 0.1) is 0 Å². The van der Waals surface area contributed by atoms with E-state index < -0.39 is 10.2 Å². The largest absolute Gasteiger partial charge is 0.313 e. The summed E-state index contributed by atoms with van der Waals surface area (Å²) in [5.41, 5.74) is 0. The van der Waals surface area contributed by atoms with Gasteiger partial charge in [-0.2, -0.15) is 17.0 Å². The molecule has 1 atom stereocenters. The van der Waals surface area contributed by atoms with Crippen LogP contribution in [-0.4, -0.2) is 56.3 Å². The van der Waals surface area contributed by atoms with Crippen molar-refractivity contribution in [2.24, 2.45) is 0 Å². The molecule has 1 unspecified atom stereocenters. The van der Waals surface area contributed by atoms with Gasteiger partial charge in [0.25, 0.3) is 10.2 Å². The summed E-state index contributed by atoms with van der Waals surface area (Å²) >= 11 is 0. The summed E-state index contributed by atoms with van der Waals surface area (Å²) in [4.78, 5) is 0. The van der Waals surface area contributed by atoms with Crippen molar-refractivity contribution in [3.8, 4) is 0 Å². The van der Waals surface area contributed by atoms with Crippen LogP contribution in [0.15, 0.2) is 0 Å². The summed E-state index contributed by atoms with van der Waals surface area (Å²) in [5.74, 6) is 0. The maximum atomic E-state index is 12.4. The quantitative estimate of drug-likeness (QED) is 0.825. The van der Waals surface area contributed by atoms with Gasteiger partial charge in [-0.3, -0.25) is 0 Å². The minimum atomic E-state index is -3.23. The van der Waals surface area contributed by atoms with Crippen molar-refractivity contribution in [2.75, 3.05) is 33.2 Å². The van der Waals surface area contributed by atoms with Crippen LogP contribution in [-0.2, 0) is 10.2 Å². The Balaban J connectivity index is 1.91. The molecule has 106 valence electrons. The van der Waals surface area contributed by atoms with Crippen LogP contribution in [0.25, 0.3) is 0 Å². The second-order valence-corrected chi connectivity index (χ2v) is 7.43. The van der Waals surface area contributed by atoms with E-state index in [1.807, 2.05) is 0 Å². The van der Waals surface area contributed by atoms with Crippen molar-refractivity contribution >= 4 is 10.2 Å². The highest BCUT2D eigenvalue weighted by Crippen LogP contribution is 2.17. The molecule has 2 aliphatic rings. The zero-order valence-corrected chi connectivity index (χ0v) is 12.1. The monoisotopic (exact) mass is 275 g/mol. The van der Waals surface area contributed by atoms with Crippen LogP contribution >= 0.6 is 0 Å². The second kappa shape index (κ2) is 6.32. The second-order valence-electron chi connectivity index (χ2n) is 5.39. The van der Waals surface area contributed by atoms with E-state index in [9.17, 15) is 8.42 Å². The van der Waals surface area contributed by atoms with E-state index in [0.29, 0.717) is 25.7 Å². The van der Waals surface area contributed by atoms with E-state index in [4.69, 9.17) is 0 Å². The summed E-state index contributed by atoms with van der Waals surface area (Å²) in [7, 11) is -1.53. The van der Waals surface area contributed by atoms with Crippen molar-refractivity contribution < 1.29 is 8.42 Å². The first-order chi connectivity index (χ1) is 8.60. The van der Waals surface area contributed by atoms with Gasteiger partial charge in [0.15, 0.2) is 0 Å². The van der Waals surface area contributed by atoms with Gasteiger partial charge in [0.1, 0.15) is 0 Å². The van der Waals surface area contributed by atoms with Gasteiger partial charge in [-0.1, -0.05) is 12.8 Å². The Bertz CT molecular complexity index is 346. The van der Waals surface area contributed by atoms with Crippen LogP contribution in [0.3, 0.4) is 0 Å². The summed E-state index contributed by atoms with van der Waals surface area (Å²) in [5, 5.41) is 3.40. The summed E-state index contributed by atoms with van der Waals surface area (Å²) in [6.07, 6.45) is 6.64. The highest BCUT2D eigenvalue weighted by Gasteiger charge is 2.29. The van der Waals surface area contributed by atoms with Crippen molar-refractivity contribution in [1.29, 1.82) is 0 Å². The fraction of sp³-hybridized carbons (Fsp3) is 1.00. The average molecular weight is 275 g/mol. The first-order valence-electron chi connectivity index (χ1n) is 7.05. The number of likely N-dealkylation sites (N-methyl/N-ethyl adjacent to an activating group) is 1. The molecule has 2 fully saturated rings. The van der Waals surface area contributed by atoms with Crippen LogP contribution in [0.2, 0.25) is 0 Å². The molecule has 2 heterocycles. The Hall–Kier alpha value is -0.170. The molecule has 0 aromatic heterocycles. The van der Waals surface area contributed by atoms with Gasteiger partial charge in [0.2, 0.25) is 0 Å². The summed E-state index contributed by atoms with van der Waals surface area (Å²) in [6, 6.07) is 0.323. The van der Waals surface area contributed by atoms with Gasteiger partial charge < -0.3 is 5.32 Å². The lowest BCUT2D eigenvalue weighted by Gasteiger charge is -2.33. The molecule has 0 saturated carbocycles. The molecule has 0 aliphatic carbocycles. The van der Waals surface area contributed by atoms with Crippen molar-refractivity contribution in [3.63, 3.8) is 0 Å². The molecule has 0 amide bonds. The Labute approximate surface area is 111 Å². The van der Waals surface area contributed by atoms with E-state index in [1.54, 1.807) is 11.4 Å². The molecule has 0 radical (unpaired) electrons. The molecule has 0 spiro atoms. The molecular weight excluding hydrogens is 250 g/mol. The topological polar surface area (TPSA) is 52.7 Å². The van der Waals surface area contributed by atoms with E-state index in [-0.39, 0.29) is 0 Å². The number of piperidine rings is 2. The third-order valence-electron chi connectivity index (χ3n) is 3.93. The van der Waals surface area contributed by atoms with E-state index in [0.717, 1.165) is 32.2 Å². The Morgan fingerprint density at radius 1 is 1.17 bits per heavy atom. The highest BCUT2D eigenvalue weighted by atomic mass is 32.2. The molecule has 1 N–H and O–H groups in total. The highest BCUT2D eigenvalue weighted by molar-refractivity contribution is 7.86. The van der Waals surface area contributed by atoms with E-state index in [2.05, 4.69) is 5.32 Å². The molecule has 0 aromatic carbocycles. The minimum Gasteiger partial charge on any atom is -0.313 e. The van der Waals surface area contributed by atoms with Crippen LogP contribution in [0, 0.1) is 0 Å². The van der Waals surface area contributed by atoms with Crippen molar-refractivity contribution in [1.82, 2.24) is 13.9 Å².